The van der Waals surface area contributed by atoms with Crippen LogP contribution in [0.25, 0.3) is 0 Å². The van der Waals surface area contributed by atoms with Gasteiger partial charge in [-0.2, -0.15) is 5.11 Å². The minimum Gasteiger partial charge on any atom is -0.465 e. The number of para-hydroxylation sites is 1. The molecule has 31 heavy (non-hydrogen) atoms. The number of nitrogens with zero attached hydrogens (tertiary/aromatic N) is 4. The molecular formula is C21H19N5O5. The molecule has 0 aliphatic carbocycles. The molecule has 4 rings (SSSR count). The molecule has 2 aliphatic rings. The Hall–Kier alpha value is -4.08. The summed E-state index contributed by atoms with van der Waals surface area (Å²) in [6, 6.07) is 11.4. The van der Waals surface area contributed by atoms with Crippen molar-refractivity contribution in [1.29, 1.82) is 0 Å². The molecule has 2 aromatic carbocycles. The van der Waals surface area contributed by atoms with Crippen LogP contribution in [-0.2, 0) is 19.1 Å². The molecule has 0 spiro atoms. The lowest BCUT2D eigenvalue weighted by Crippen LogP contribution is -2.43. The Balaban J connectivity index is 1.49. The lowest BCUT2D eigenvalue weighted by atomic mass is 10.1. The maximum absolute atomic E-state index is 13.0. The second kappa shape index (κ2) is 7.98. The number of methoxy groups -OCH3 is 1. The average Bonchev–Trinajstić information content (AvgIpc) is 3.28. The highest BCUT2D eigenvalue weighted by Crippen LogP contribution is 2.32. The number of fused-ring (bicyclic) bond motifs is 1. The van der Waals surface area contributed by atoms with Crippen molar-refractivity contribution in [2.24, 2.45) is 10.3 Å². The Morgan fingerprint density at radius 1 is 1.06 bits per heavy atom. The van der Waals surface area contributed by atoms with Crippen molar-refractivity contribution in [3.63, 3.8) is 0 Å². The van der Waals surface area contributed by atoms with E-state index in [1.807, 2.05) is 6.92 Å². The summed E-state index contributed by atoms with van der Waals surface area (Å²) in [7, 11) is 1.24. The largest absolute Gasteiger partial charge is 0.465 e. The summed E-state index contributed by atoms with van der Waals surface area (Å²) in [6.45, 7) is 1.58. The van der Waals surface area contributed by atoms with E-state index in [1.165, 1.54) is 18.2 Å². The van der Waals surface area contributed by atoms with E-state index in [4.69, 9.17) is 4.74 Å². The van der Waals surface area contributed by atoms with E-state index in [2.05, 4.69) is 15.7 Å². The number of aryl methyl sites for hydroxylation is 1. The number of hydrogen-bond acceptors (Lipinski definition) is 8. The van der Waals surface area contributed by atoms with Gasteiger partial charge >= 0.3 is 5.97 Å². The maximum atomic E-state index is 13.0. The van der Waals surface area contributed by atoms with Crippen LogP contribution < -0.4 is 10.2 Å². The predicted molar refractivity (Wildman–Crippen MR) is 109 cm³/mol. The van der Waals surface area contributed by atoms with Gasteiger partial charge in [0.05, 0.1) is 24.0 Å². The van der Waals surface area contributed by atoms with Gasteiger partial charge in [0.2, 0.25) is 5.91 Å². The highest BCUT2D eigenvalue weighted by Gasteiger charge is 2.55. The first-order valence-corrected chi connectivity index (χ1v) is 9.50. The number of rotatable bonds is 5. The number of carbonyl (C=O) groups excluding carboxylic acids is 4. The molecule has 2 atom stereocenters. The highest BCUT2D eigenvalue weighted by atomic mass is 16.5. The van der Waals surface area contributed by atoms with Gasteiger partial charge in [0.15, 0.2) is 12.1 Å². The fraction of sp³-hybridized carbons (Fsp3) is 0.238. The Morgan fingerprint density at radius 2 is 1.77 bits per heavy atom. The monoisotopic (exact) mass is 421 g/mol. The van der Waals surface area contributed by atoms with Gasteiger partial charge < -0.3 is 10.1 Å². The number of carbonyl (C=O) groups is 4. The lowest BCUT2D eigenvalue weighted by molar-refractivity contribution is -0.123. The van der Waals surface area contributed by atoms with Gasteiger partial charge in [0, 0.05) is 0 Å². The number of imide groups is 1. The van der Waals surface area contributed by atoms with Crippen molar-refractivity contribution in [2.45, 2.75) is 19.0 Å². The molecule has 10 nitrogen and oxygen atoms in total. The zero-order valence-electron chi connectivity index (χ0n) is 16.8. The van der Waals surface area contributed by atoms with Gasteiger partial charge in [0.1, 0.15) is 6.54 Å². The van der Waals surface area contributed by atoms with Crippen LogP contribution in [0.3, 0.4) is 0 Å². The van der Waals surface area contributed by atoms with Crippen molar-refractivity contribution in [1.82, 2.24) is 5.01 Å². The first-order chi connectivity index (χ1) is 14.9. The van der Waals surface area contributed by atoms with E-state index < -0.39 is 35.8 Å². The van der Waals surface area contributed by atoms with Crippen LogP contribution in [0.2, 0.25) is 0 Å². The fourth-order valence-corrected chi connectivity index (χ4v) is 3.52. The Bertz CT molecular complexity index is 1100. The minimum absolute atomic E-state index is 0.192. The van der Waals surface area contributed by atoms with Crippen molar-refractivity contribution in [3.8, 4) is 0 Å². The van der Waals surface area contributed by atoms with Crippen LogP contribution in [0.15, 0.2) is 58.9 Å². The Kier molecular flexibility index (Phi) is 5.20. The zero-order valence-corrected chi connectivity index (χ0v) is 16.8. The van der Waals surface area contributed by atoms with Crippen LogP contribution in [0.4, 0.5) is 11.4 Å². The lowest BCUT2D eigenvalue weighted by Gasteiger charge is -2.20. The zero-order chi connectivity index (χ0) is 22.1. The molecule has 10 heteroatoms. The van der Waals surface area contributed by atoms with Crippen molar-refractivity contribution < 1.29 is 23.9 Å². The summed E-state index contributed by atoms with van der Waals surface area (Å²) in [5, 5.41) is 11.6. The third-order valence-electron chi connectivity index (χ3n) is 5.06. The smallest absolute Gasteiger partial charge is 0.339 e. The van der Waals surface area contributed by atoms with Crippen LogP contribution in [0.5, 0.6) is 0 Å². The molecule has 0 bridgehead atoms. The van der Waals surface area contributed by atoms with Crippen molar-refractivity contribution >= 4 is 35.1 Å². The molecule has 158 valence electrons. The van der Waals surface area contributed by atoms with E-state index in [0.717, 1.165) is 10.5 Å². The van der Waals surface area contributed by atoms with Gasteiger partial charge in [-0.25, -0.2) is 9.69 Å². The first-order valence-electron chi connectivity index (χ1n) is 9.50. The minimum atomic E-state index is -0.996. The number of esters is 1. The molecule has 2 aromatic rings. The molecule has 1 N–H and O–H groups in total. The van der Waals surface area contributed by atoms with Gasteiger partial charge in [-0.15, -0.1) is 0 Å². The number of amides is 3. The number of hydrogen-bond donors (Lipinski definition) is 1. The Labute approximate surface area is 177 Å². The standard InChI is InChI=1S/C21H19N5O5/c1-12-7-9-13(10-8-12)26-19(28)17-18(20(26)29)25(24-23-17)11-16(27)22-15-6-4-3-5-14(15)21(30)31-2/h3-10,17-18H,11H2,1-2H3,(H,22,27)/t17-,18-/m1/s1. The number of benzene rings is 2. The molecule has 3 amide bonds. The van der Waals surface area contributed by atoms with E-state index in [9.17, 15) is 19.2 Å². The molecular weight excluding hydrogens is 402 g/mol. The van der Waals surface area contributed by atoms with Crippen LogP contribution >= 0.6 is 0 Å². The molecule has 1 fully saturated rings. The fourth-order valence-electron chi connectivity index (χ4n) is 3.52. The van der Waals surface area contributed by atoms with Crippen LogP contribution in [0.1, 0.15) is 15.9 Å². The topological polar surface area (TPSA) is 121 Å². The summed E-state index contributed by atoms with van der Waals surface area (Å²) in [5.41, 5.74) is 1.90. The summed E-state index contributed by atoms with van der Waals surface area (Å²) >= 11 is 0. The van der Waals surface area contributed by atoms with Gasteiger partial charge in [-0.3, -0.25) is 19.4 Å². The van der Waals surface area contributed by atoms with E-state index >= 15 is 0 Å². The van der Waals surface area contributed by atoms with Gasteiger partial charge in [-0.1, -0.05) is 35.1 Å². The predicted octanol–water partition coefficient (Wildman–Crippen LogP) is 1.71. The quantitative estimate of drug-likeness (QED) is 0.580. The molecule has 1 saturated heterocycles. The summed E-state index contributed by atoms with van der Waals surface area (Å²) in [5.74, 6) is -2.10. The van der Waals surface area contributed by atoms with E-state index in [0.29, 0.717) is 5.69 Å². The molecule has 0 radical (unpaired) electrons. The van der Waals surface area contributed by atoms with Crippen LogP contribution in [0, 0.1) is 6.92 Å². The molecule has 0 aromatic heterocycles. The third kappa shape index (κ3) is 3.63. The molecule has 0 unspecified atom stereocenters. The normalized spacial score (nSPS) is 19.5. The van der Waals surface area contributed by atoms with Gasteiger partial charge in [-0.05, 0) is 31.2 Å². The third-order valence-corrected chi connectivity index (χ3v) is 5.06. The maximum Gasteiger partial charge on any atom is 0.339 e. The summed E-state index contributed by atoms with van der Waals surface area (Å²) in [4.78, 5) is 51.2. The Morgan fingerprint density at radius 3 is 2.48 bits per heavy atom. The first kappa shape index (κ1) is 20.2. The van der Waals surface area contributed by atoms with E-state index in [-0.39, 0.29) is 17.8 Å². The summed E-state index contributed by atoms with van der Waals surface area (Å²) < 4.78 is 4.71. The highest BCUT2D eigenvalue weighted by molar-refractivity contribution is 6.25. The van der Waals surface area contributed by atoms with Crippen LogP contribution in [-0.4, -0.2) is 54.4 Å². The summed E-state index contributed by atoms with van der Waals surface area (Å²) in [6.07, 6.45) is 0. The second-order valence-electron chi connectivity index (χ2n) is 7.12. The van der Waals surface area contributed by atoms with Crippen molar-refractivity contribution in [2.75, 3.05) is 23.9 Å². The van der Waals surface area contributed by atoms with Gasteiger partial charge in [0.25, 0.3) is 11.8 Å². The number of nitrogens with one attached hydrogen (secondary N) is 1. The average molecular weight is 421 g/mol. The molecule has 2 aliphatic heterocycles. The molecule has 2 heterocycles. The second-order valence-corrected chi connectivity index (χ2v) is 7.12. The van der Waals surface area contributed by atoms with Crippen molar-refractivity contribution in [3.05, 3.63) is 59.7 Å². The SMILES string of the molecule is COC(=O)c1ccccc1NC(=O)CN1N=N[C@H]2C(=O)N(c3ccc(C)cc3)C(=O)[C@@H]21. The van der Waals surface area contributed by atoms with E-state index in [1.54, 1.807) is 42.5 Å². The molecule has 0 saturated carbocycles. The number of anilines is 2. The number of ether oxygens (including phenoxy) is 1.